The van der Waals surface area contributed by atoms with Crippen LogP contribution in [0.1, 0.15) is 57.5 Å². The molecule has 0 bridgehead atoms. The van der Waals surface area contributed by atoms with E-state index in [0.717, 1.165) is 11.1 Å². The molecule has 4 rings (SSSR count). The molecule has 0 aliphatic carbocycles. The summed E-state index contributed by atoms with van der Waals surface area (Å²) in [6, 6.07) is 7.07. The number of nitrogen functional groups attached to an aromatic ring is 1. The number of amides is 1. The minimum Gasteiger partial charge on any atom is -0.399 e. The number of fused-ring (bicyclic) bond motifs is 1. The highest BCUT2D eigenvalue weighted by Gasteiger charge is 2.52. The molecule has 29 heavy (non-hydrogen) atoms. The van der Waals surface area contributed by atoms with Gasteiger partial charge in [-0.3, -0.25) is 4.79 Å². The van der Waals surface area contributed by atoms with Gasteiger partial charge in [0.2, 0.25) is 5.95 Å². The number of pyridine rings is 1. The van der Waals surface area contributed by atoms with Gasteiger partial charge in [-0.1, -0.05) is 6.07 Å². The minimum atomic E-state index is -0.888. The predicted octanol–water partition coefficient (Wildman–Crippen LogP) is 2.75. The molecule has 2 aliphatic heterocycles. The molecule has 152 valence electrons. The highest BCUT2D eigenvalue weighted by atomic mass is 19.1. The average Bonchev–Trinajstić information content (AvgIpc) is 2.95. The van der Waals surface area contributed by atoms with E-state index in [9.17, 15) is 9.18 Å². The first-order valence-corrected chi connectivity index (χ1v) is 9.61. The highest BCUT2D eigenvalue weighted by molar-refractivity contribution is 6.62. The third kappa shape index (κ3) is 3.02. The number of hydrogen-bond acceptors (Lipinski definition) is 5. The quantitative estimate of drug-likeness (QED) is 0.601. The smallest absolute Gasteiger partial charge is 0.399 e. The van der Waals surface area contributed by atoms with Crippen LogP contribution in [0.5, 0.6) is 0 Å². The van der Waals surface area contributed by atoms with Crippen molar-refractivity contribution in [3.8, 4) is 11.1 Å². The highest BCUT2D eigenvalue weighted by Crippen LogP contribution is 2.38. The largest absolute Gasteiger partial charge is 0.499 e. The van der Waals surface area contributed by atoms with Crippen LogP contribution in [0.4, 0.5) is 10.2 Å². The van der Waals surface area contributed by atoms with Crippen molar-refractivity contribution in [2.24, 2.45) is 0 Å². The fraction of sp³-hybridized carbons (Fsp3) is 0.429. The first-order valence-electron chi connectivity index (χ1n) is 9.61. The van der Waals surface area contributed by atoms with Gasteiger partial charge in [-0.15, -0.1) is 0 Å². The first-order chi connectivity index (χ1) is 13.3. The van der Waals surface area contributed by atoms with Gasteiger partial charge in [0, 0.05) is 16.6 Å². The molecule has 0 unspecified atom stereocenters. The molecule has 1 aromatic heterocycles. The number of aromatic nitrogens is 1. The molecule has 3 heterocycles. The van der Waals surface area contributed by atoms with Crippen molar-refractivity contribution < 1.29 is 18.5 Å². The summed E-state index contributed by atoms with van der Waals surface area (Å²) in [6.07, 6.45) is 0. The van der Waals surface area contributed by atoms with Crippen molar-refractivity contribution >= 4 is 24.3 Å². The number of rotatable bonds is 2. The SMILES string of the molecule is CC1(C)NC(=O)c2ccc(-c3cc(B4OC(C)(C)C(C)(C)O4)c(F)nc3N)cc21. The minimum absolute atomic E-state index is 0.0674. The van der Waals surface area contributed by atoms with E-state index in [4.69, 9.17) is 15.0 Å². The van der Waals surface area contributed by atoms with E-state index < -0.39 is 29.8 Å². The molecule has 0 atom stereocenters. The lowest BCUT2D eigenvalue weighted by Crippen LogP contribution is -2.41. The van der Waals surface area contributed by atoms with E-state index in [1.54, 1.807) is 18.2 Å². The maximum absolute atomic E-state index is 14.7. The van der Waals surface area contributed by atoms with Crippen LogP contribution in [0.15, 0.2) is 24.3 Å². The summed E-state index contributed by atoms with van der Waals surface area (Å²) in [4.78, 5) is 16.1. The summed E-state index contributed by atoms with van der Waals surface area (Å²) in [6.45, 7) is 11.5. The van der Waals surface area contributed by atoms with Crippen LogP contribution in [-0.2, 0) is 14.8 Å². The van der Waals surface area contributed by atoms with Gasteiger partial charge >= 0.3 is 7.12 Å². The monoisotopic (exact) mass is 397 g/mol. The van der Waals surface area contributed by atoms with Crippen LogP contribution in [0.3, 0.4) is 0 Å². The Kier molecular flexibility index (Phi) is 4.13. The van der Waals surface area contributed by atoms with E-state index in [0.29, 0.717) is 11.1 Å². The molecule has 1 fully saturated rings. The van der Waals surface area contributed by atoms with Crippen LogP contribution in [0.25, 0.3) is 11.1 Å². The lowest BCUT2D eigenvalue weighted by Gasteiger charge is -2.32. The molecule has 2 aliphatic rings. The maximum atomic E-state index is 14.7. The molecule has 0 spiro atoms. The van der Waals surface area contributed by atoms with E-state index in [-0.39, 0.29) is 17.2 Å². The molecule has 3 N–H and O–H groups in total. The zero-order chi connectivity index (χ0) is 21.4. The number of anilines is 1. The fourth-order valence-corrected chi connectivity index (χ4v) is 3.73. The molecule has 1 saturated heterocycles. The zero-order valence-corrected chi connectivity index (χ0v) is 17.5. The van der Waals surface area contributed by atoms with Crippen molar-refractivity contribution in [3.63, 3.8) is 0 Å². The van der Waals surface area contributed by atoms with E-state index in [1.165, 1.54) is 0 Å². The summed E-state index contributed by atoms with van der Waals surface area (Å²) in [7, 11) is -0.888. The van der Waals surface area contributed by atoms with Crippen LogP contribution in [-0.4, -0.2) is 29.2 Å². The second-order valence-electron chi connectivity index (χ2n) is 9.23. The van der Waals surface area contributed by atoms with Gasteiger partial charge < -0.3 is 20.4 Å². The topological polar surface area (TPSA) is 86.5 Å². The van der Waals surface area contributed by atoms with Gasteiger partial charge in [0.05, 0.1) is 16.7 Å². The van der Waals surface area contributed by atoms with Crippen LogP contribution in [0.2, 0.25) is 0 Å². The van der Waals surface area contributed by atoms with E-state index in [2.05, 4.69) is 10.3 Å². The van der Waals surface area contributed by atoms with Gasteiger partial charge in [-0.25, -0.2) is 4.98 Å². The molecule has 6 nitrogen and oxygen atoms in total. The summed E-state index contributed by atoms with van der Waals surface area (Å²) in [5.74, 6) is -0.763. The van der Waals surface area contributed by atoms with Gasteiger partial charge in [0.15, 0.2) is 0 Å². The number of halogens is 1. The number of nitrogens with one attached hydrogen (secondary N) is 1. The van der Waals surface area contributed by atoms with E-state index in [1.807, 2.05) is 47.6 Å². The van der Waals surface area contributed by atoms with E-state index >= 15 is 0 Å². The Balaban J connectivity index is 1.80. The number of nitrogens with zero attached hydrogens (tertiary/aromatic N) is 1. The van der Waals surface area contributed by atoms with Gasteiger partial charge in [0.1, 0.15) is 5.82 Å². The molecule has 1 aromatic carbocycles. The Hall–Kier alpha value is -2.45. The Bertz CT molecular complexity index is 1020. The third-order valence-electron chi connectivity index (χ3n) is 6.21. The molecular formula is C21H25BFN3O3. The first kappa shape index (κ1) is 19.9. The second-order valence-corrected chi connectivity index (χ2v) is 9.23. The number of benzene rings is 1. The Labute approximate surface area is 170 Å². The Morgan fingerprint density at radius 2 is 1.66 bits per heavy atom. The second kappa shape index (κ2) is 6.03. The van der Waals surface area contributed by atoms with Crippen LogP contribution >= 0.6 is 0 Å². The zero-order valence-electron chi connectivity index (χ0n) is 17.5. The van der Waals surface area contributed by atoms with Crippen LogP contribution < -0.4 is 16.5 Å². The molecular weight excluding hydrogens is 372 g/mol. The molecule has 0 radical (unpaired) electrons. The van der Waals surface area contributed by atoms with Crippen molar-refractivity contribution in [1.29, 1.82) is 0 Å². The Morgan fingerprint density at radius 3 is 2.28 bits per heavy atom. The molecule has 0 saturated carbocycles. The fourth-order valence-electron chi connectivity index (χ4n) is 3.73. The summed E-state index contributed by atoms with van der Waals surface area (Å²) >= 11 is 0. The average molecular weight is 397 g/mol. The lowest BCUT2D eigenvalue weighted by molar-refractivity contribution is 0.00578. The third-order valence-corrected chi connectivity index (χ3v) is 6.21. The van der Waals surface area contributed by atoms with Crippen LogP contribution in [0, 0.1) is 5.95 Å². The van der Waals surface area contributed by atoms with Gasteiger partial charge in [-0.2, -0.15) is 4.39 Å². The molecule has 8 heteroatoms. The van der Waals surface area contributed by atoms with Crippen molar-refractivity contribution in [3.05, 3.63) is 41.3 Å². The van der Waals surface area contributed by atoms with Gasteiger partial charge in [-0.05, 0) is 70.9 Å². The summed E-state index contributed by atoms with van der Waals surface area (Å²) < 4.78 is 26.7. The number of carbonyl (C=O) groups is 1. The number of nitrogens with two attached hydrogens (primary N) is 1. The van der Waals surface area contributed by atoms with Crippen molar-refractivity contribution in [2.45, 2.75) is 58.3 Å². The number of hydrogen-bond donors (Lipinski definition) is 2. The molecule has 2 aromatic rings. The summed E-state index contributed by atoms with van der Waals surface area (Å²) in [5.41, 5.74) is 7.34. The maximum Gasteiger partial charge on any atom is 0.499 e. The predicted molar refractivity (Wildman–Crippen MR) is 110 cm³/mol. The van der Waals surface area contributed by atoms with Gasteiger partial charge in [0.25, 0.3) is 5.91 Å². The molecule has 1 amide bonds. The normalized spacial score (nSPS) is 21.2. The number of carbonyl (C=O) groups excluding carboxylic acids is 1. The Morgan fingerprint density at radius 1 is 1.03 bits per heavy atom. The standard InChI is InChI=1S/C21H25BFN3O3/c1-19(2)14-9-11(7-8-12(14)18(27)26-19)13-10-15(16(23)25-17(13)24)22-28-20(3,4)21(5,6)29-22/h7-10H,1-6H3,(H2,24,25)(H,26,27). The lowest BCUT2D eigenvalue weighted by atomic mass is 9.78. The van der Waals surface area contributed by atoms with Crippen molar-refractivity contribution in [1.82, 2.24) is 10.3 Å². The van der Waals surface area contributed by atoms with Crippen molar-refractivity contribution in [2.75, 3.05) is 5.73 Å². The summed E-state index contributed by atoms with van der Waals surface area (Å²) in [5, 5.41) is 2.95.